The standard InChI is InChI=1S/C31H31N3O5S.CH4/c1-30(2,3)39-26(35)19-20-38-34-27(28(36)37)25-21-40-29(32-25)33-31(22-13-7-4-8-14-22,23-15-9-5-10-16-23)24-17-11-6-12-18-24;/h4-18,21H,19-20H2,1-3H3,(H,32,33)(H,36,37);1H4. The third kappa shape index (κ3) is 7.79. The van der Waals surface area contributed by atoms with Crippen LogP contribution in [0.5, 0.6) is 0 Å². The predicted octanol–water partition coefficient (Wildman–Crippen LogP) is 6.72. The van der Waals surface area contributed by atoms with Crippen molar-refractivity contribution in [2.24, 2.45) is 5.16 Å². The number of carboxylic acids is 1. The summed E-state index contributed by atoms with van der Waals surface area (Å²) in [5.74, 6) is -1.76. The van der Waals surface area contributed by atoms with Crippen molar-refractivity contribution in [3.05, 3.63) is 119 Å². The maximum absolute atomic E-state index is 12.0. The number of benzene rings is 3. The first kappa shape index (κ1) is 31.0. The van der Waals surface area contributed by atoms with Gasteiger partial charge in [0.1, 0.15) is 23.4 Å². The molecule has 0 unspecified atom stereocenters. The van der Waals surface area contributed by atoms with Crippen LogP contribution in [0.15, 0.2) is 102 Å². The zero-order valence-electron chi connectivity index (χ0n) is 22.5. The number of ether oxygens (including phenoxy) is 1. The molecule has 0 aliphatic rings. The van der Waals surface area contributed by atoms with E-state index in [4.69, 9.17) is 9.57 Å². The second kappa shape index (κ2) is 13.7. The van der Waals surface area contributed by atoms with E-state index >= 15 is 0 Å². The summed E-state index contributed by atoms with van der Waals surface area (Å²) in [7, 11) is 0. The number of hydrogen-bond acceptors (Lipinski definition) is 8. The van der Waals surface area contributed by atoms with E-state index in [1.54, 1.807) is 26.2 Å². The first-order chi connectivity index (χ1) is 19.2. The van der Waals surface area contributed by atoms with E-state index in [9.17, 15) is 14.7 Å². The molecule has 1 heterocycles. The van der Waals surface area contributed by atoms with Gasteiger partial charge >= 0.3 is 11.9 Å². The largest absolute Gasteiger partial charge is 0.476 e. The van der Waals surface area contributed by atoms with Gasteiger partial charge in [-0.25, -0.2) is 9.78 Å². The number of carboxylic acid groups (broad SMARTS) is 1. The third-order valence-electron chi connectivity index (χ3n) is 5.84. The smallest absolute Gasteiger partial charge is 0.360 e. The lowest BCUT2D eigenvalue weighted by molar-refractivity contribution is -0.156. The Kier molecular flexibility index (Phi) is 10.4. The van der Waals surface area contributed by atoms with E-state index in [0.29, 0.717) is 5.13 Å². The van der Waals surface area contributed by atoms with E-state index in [2.05, 4.69) is 15.5 Å². The molecule has 0 aliphatic heterocycles. The van der Waals surface area contributed by atoms with E-state index in [-0.39, 0.29) is 31.9 Å². The van der Waals surface area contributed by atoms with Gasteiger partial charge in [0.15, 0.2) is 5.13 Å². The van der Waals surface area contributed by atoms with Crippen LogP contribution >= 0.6 is 11.3 Å². The van der Waals surface area contributed by atoms with E-state index in [1.165, 1.54) is 11.3 Å². The molecule has 0 saturated carbocycles. The van der Waals surface area contributed by atoms with Gasteiger partial charge in [-0.3, -0.25) is 4.79 Å². The molecule has 214 valence electrons. The van der Waals surface area contributed by atoms with Crippen LogP contribution in [0.25, 0.3) is 0 Å². The van der Waals surface area contributed by atoms with Crippen LogP contribution in [-0.2, 0) is 24.7 Å². The molecule has 2 N–H and O–H groups in total. The minimum atomic E-state index is -1.30. The van der Waals surface area contributed by atoms with Crippen molar-refractivity contribution >= 4 is 34.1 Å². The van der Waals surface area contributed by atoms with Crippen LogP contribution in [0, 0.1) is 0 Å². The van der Waals surface area contributed by atoms with Gasteiger partial charge in [0.05, 0.1) is 6.42 Å². The quantitative estimate of drug-likeness (QED) is 0.0674. The van der Waals surface area contributed by atoms with Crippen molar-refractivity contribution < 1.29 is 24.3 Å². The topological polar surface area (TPSA) is 110 Å². The SMILES string of the molecule is C.CC(C)(C)OC(=O)CCON=C(C(=O)O)c1csc(NC(c2ccccc2)(c2ccccc2)c2ccccc2)n1. The van der Waals surface area contributed by atoms with Crippen molar-refractivity contribution in [3.8, 4) is 0 Å². The monoisotopic (exact) mass is 573 g/mol. The molecule has 0 radical (unpaired) electrons. The highest BCUT2D eigenvalue weighted by molar-refractivity contribution is 7.14. The molecule has 0 spiro atoms. The lowest BCUT2D eigenvalue weighted by atomic mass is 9.77. The molecule has 0 bridgehead atoms. The Morgan fingerprint density at radius 3 is 1.80 bits per heavy atom. The van der Waals surface area contributed by atoms with Crippen LogP contribution in [0.1, 0.15) is 57.0 Å². The van der Waals surface area contributed by atoms with Crippen molar-refractivity contribution in [1.29, 1.82) is 0 Å². The van der Waals surface area contributed by atoms with Crippen molar-refractivity contribution in [2.45, 2.75) is 45.8 Å². The van der Waals surface area contributed by atoms with Gasteiger partial charge in [0.25, 0.3) is 0 Å². The van der Waals surface area contributed by atoms with Gasteiger partial charge in [-0.05, 0) is 37.5 Å². The molecule has 0 atom stereocenters. The number of rotatable bonds is 11. The molecule has 0 aliphatic carbocycles. The van der Waals surface area contributed by atoms with Gasteiger partial charge in [-0.1, -0.05) is 104 Å². The summed E-state index contributed by atoms with van der Waals surface area (Å²) in [6, 6.07) is 30.0. The predicted molar refractivity (Wildman–Crippen MR) is 162 cm³/mol. The number of carbonyl (C=O) groups is 2. The summed E-state index contributed by atoms with van der Waals surface area (Å²) in [6.45, 7) is 5.17. The Morgan fingerprint density at radius 2 is 1.37 bits per heavy atom. The summed E-state index contributed by atoms with van der Waals surface area (Å²) in [6.07, 6.45) is -0.0642. The molecule has 0 fully saturated rings. The second-order valence-electron chi connectivity index (χ2n) is 9.93. The van der Waals surface area contributed by atoms with Gasteiger partial charge in [0, 0.05) is 5.38 Å². The summed E-state index contributed by atoms with van der Waals surface area (Å²) >= 11 is 1.26. The number of esters is 1. The number of aliphatic carboxylic acids is 1. The molecule has 41 heavy (non-hydrogen) atoms. The van der Waals surface area contributed by atoms with Gasteiger partial charge in [-0.15, -0.1) is 11.3 Å². The molecule has 4 aromatic rings. The zero-order valence-corrected chi connectivity index (χ0v) is 23.4. The zero-order chi connectivity index (χ0) is 28.6. The van der Waals surface area contributed by atoms with Crippen LogP contribution in [0.4, 0.5) is 5.13 Å². The average Bonchev–Trinajstić information content (AvgIpc) is 3.40. The van der Waals surface area contributed by atoms with Crippen LogP contribution < -0.4 is 5.32 Å². The molecular weight excluding hydrogens is 538 g/mol. The van der Waals surface area contributed by atoms with Gasteiger partial charge < -0.3 is 20.0 Å². The fourth-order valence-corrected chi connectivity index (χ4v) is 4.96. The maximum Gasteiger partial charge on any atom is 0.360 e. The normalized spacial score (nSPS) is 11.7. The fraction of sp³-hybridized carbons (Fsp3) is 0.250. The Hall–Kier alpha value is -4.50. The fourth-order valence-electron chi connectivity index (χ4n) is 4.21. The molecular formula is C32H35N3O5S. The van der Waals surface area contributed by atoms with Crippen LogP contribution in [0.3, 0.4) is 0 Å². The van der Waals surface area contributed by atoms with E-state index in [0.717, 1.165) is 16.7 Å². The molecule has 3 aromatic carbocycles. The highest BCUT2D eigenvalue weighted by atomic mass is 32.1. The molecule has 8 nitrogen and oxygen atoms in total. The number of aromatic nitrogens is 1. The summed E-state index contributed by atoms with van der Waals surface area (Å²) in [5, 5.41) is 19.3. The number of anilines is 1. The van der Waals surface area contributed by atoms with Crippen molar-refractivity contribution in [3.63, 3.8) is 0 Å². The second-order valence-corrected chi connectivity index (χ2v) is 10.8. The van der Waals surface area contributed by atoms with Crippen LogP contribution in [-0.4, -0.2) is 39.9 Å². The Labute approximate surface area is 244 Å². The Morgan fingerprint density at radius 1 is 0.878 bits per heavy atom. The molecule has 4 rings (SSSR count). The minimum Gasteiger partial charge on any atom is -0.476 e. The number of nitrogens with zero attached hydrogens (tertiary/aromatic N) is 2. The van der Waals surface area contributed by atoms with Gasteiger partial charge in [-0.2, -0.15) is 0 Å². The van der Waals surface area contributed by atoms with E-state index in [1.807, 2.05) is 91.0 Å². The first-order valence-corrected chi connectivity index (χ1v) is 13.6. The number of oxime groups is 1. The molecule has 0 amide bonds. The molecule has 0 saturated heterocycles. The average molecular weight is 574 g/mol. The molecule has 9 heteroatoms. The highest BCUT2D eigenvalue weighted by Crippen LogP contribution is 2.40. The van der Waals surface area contributed by atoms with Crippen LogP contribution in [0.2, 0.25) is 0 Å². The maximum atomic E-state index is 12.0. The Bertz CT molecular complexity index is 1350. The minimum absolute atomic E-state index is 0. The van der Waals surface area contributed by atoms with E-state index < -0.39 is 23.1 Å². The van der Waals surface area contributed by atoms with Crippen molar-refractivity contribution in [1.82, 2.24) is 4.98 Å². The number of hydrogen-bond donors (Lipinski definition) is 2. The van der Waals surface area contributed by atoms with Crippen molar-refractivity contribution in [2.75, 3.05) is 11.9 Å². The Balaban J connectivity index is 0.00000462. The summed E-state index contributed by atoms with van der Waals surface area (Å²) in [4.78, 5) is 33.7. The highest BCUT2D eigenvalue weighted by Gasteiger charge is 2.37. The number of nitrogens with one attached hydrogen (secondary N) is 1. The lowest BCUT2D eigenvalue weighted by Crippen LogP contribution is -2.38. The molecule has 1 aromatic heterocycles. The lowest BCUT2D eigenvalue weighted by Gasteiger charge is -2.36. The third-order valence-corrected chi connectivity index (χ3v) is 6.60. The number of thiazole rings is 1. The number of carbonyl (C=O) groups excluding carboxylic acids is 1. The summed E-state index contributed by atoms with van der Waals surface area (Å²) in [5.41, 5.74) is 1.30. The first-order valence-electron chi connectivity index (χ1n) is 12.7. The summed E-state index contributed by atoms with van der Waals surface area (Å²) < 4.78 is 5.23. The van der Waals surface area contributed by atoms with Gasteiger partial charge in [0.2, 0.25) is 5.71 Å².